The summed E-state index contributed by atoms with van der Waals surface area (Å²) in [5.41, 5.74) is 0. The van der Waals surface area contributed by atoms with Crippen LogP contribution in [0.2, 0.25) is 0 Å². The number of carbonyl (C=O) groups excluding carboxylic acids is 1. The topological polar surface area (TPSA) is 94.1 Å². The number of quaternary nitrogens is 1. The van der Waals surface area contributed by atoms with E-state index in [9.17, 15) is 14.3 Å². The number of rotatable bonds is 46. The summed E-state index contributed by atoms with van der Waals surface area (Å²) in [6.45, 7) is 5.28. The fraction of sp³-hybridized carbons (Fsp3) is 0.788. The Morgan fingerprint density at radius 1 is 0.525 bits per heavy atom. The summed E-state index contributed by atoms with van der Waals surface area (Å²) < 4.78 is 34.7. The Balaban J connectivity index is 4.18. The van der Waals surface area contributed by atoms with E-state index in [0.29, 0.717) is 24.1 Å². The highest BCUT2D eigenvalue weighted by Crippen LogP contribution is 2.38. The maximum atomic E-state index is 12.7. The first kappa shape index (κ1) is 59.2. The van der Waals surface area contributed by atoms with Crippen molar-refractivity contribution in [2.75, 3.05) is 54.1 Å². The van der Waals surface area contributed by atoms with Crippen LogP contribution in [0.25, 0.3) is 0 Å². The van der Waals surface area contributed by atoms with Gasteiger partial charge in [0.15, 0.2) is 0 Å². The van der Waals surface area contributed by atoms with Crippen molar-refractivity contribution in [3.63, 3.8) is 0 Å². The first-order valence-corrected chi connectivity index (χ1v) is 26.5. The second kappa shape index (κ2) is 44.8. The Kier molecular flexibility index (Phi) is 43.5. The molecule has 0 amide bonds. The standard InChI is InChI=1S/C52H96NO7P/c1-6-8-10-12-14-16-18-20-22-24-26-27-28-29-31-33-35-37-39-41-43-45-52(54)60-51(50-59-61(55,56)58-48-46-53(3,4)5)49-57-47-44-42-40-38-36-34-32-30-25-23-21-19-17-15-13-11-9-7-2/h9,11,15,17-18,20-21,23-24,26,51H,6-8,10,12-14,16,19,22,25,27-50H2,1-5H3/b11-9-,17-15-,20-18-,23-21-,26-24-. The lowest BCUT2D eigenvalue weighted by molar-refractivity contribution is -0.870. The molecule has 0 aliphatic rings. The van der Waals surface area contributed by atoms with Crippen LogP contribution in [-0.4, -0.2) is 70.7 Å². The molecule has 0 radical (unpaired) electrons. The number of nitrogens with zero attached hydrogens (tertiary/aromatic N) is 1. The van der Waals surface area contributed by atoms with E-state index in [0.717, 1.165) is 64.2 Å². The van der Waals surface area contributed by atoms with E-state index in [1.807, 2.05) is 21.1 Å². The molecule has 0 aromatic heterocycles. The molecule has 356 valence electrons. The van der Waals surface area contributed by atoms with Gasteiger partial charge in [-0.1, -0.05) is 184 Å². The first-order chi connectivity index (χ1) is 29.6. The van der Waals surface area contributed by atoms with Gasteiger partial charge in [-0.15, -0.1) is 0 Å². The number of unbranched alkanes of at least 4 members (excludes halogenated alkanes) is 22. The largest absolute Gasteiger partial charge is 0.756 e. The Morgan fingerprint density at radius 3 is 1.43 bits per heavy atom. The van der Waals surface area contributed by atoms with E-state index in [1.165, 1.54) is 122 Å². The highest BCUT2D eigenvalue weighted by molar-refractivity contribution is 7.45. The van der Waals surface area contributed by atoms with Crippen LogP contribution in [0.1, 0.15) is 206 Å². The second-order valence-corrected chi connectivity index (χ2v) is 19.2. The van der Waals surface area contributed by atoms with Crippen molar-refractivity contribution in [1.29, 1.82) is 0 Å². The fourth-order valence-corrected chi connectivity index (χ4v) is 7.44. The molecular formula is C52H96NO7P. The summed E-state index contributed by atoms with van der Waals surface area (Å²) in [5.74, 6) is -0.342. The number of hydrogen-bond acceptors (Lipinski definition) is 7. The molecule has 0 bridgehead atoms. The molecule has 0 rings (SSSR count). The normalized spacial score (nSPS) is 14.1. The number of phosphoric acid groups is 1. The van der Waals surface area contributed by atoms with Gasteiger partial charge in [0, 0.05) is 13.0 Å². The molecule has 8 nitrogen and oxygen atoms in total. The lowest BCUT2D eigenvalue weighted by Gasteiger charge is -2.28. The molecule has 0 aromatic carbocycles. The van der Waals surface area contributed by atoms with Gasteiger partial charge < -0.3 is 27.9 Å². The van der Waals surface area contributed by atoms with Crippen molar-refractivity contribution in [1.82, 2.24) is 0 Å². The van der Waals surface area contributed by atoms with Crippen molar-refractivity contribution >= 4 is 13.8 Å². The molecule has 9 heteroatoms. The number of allylic oxidation sites excluding steroid dienone is 10. The predicted octanol–water partition coefficient (Wildman–Crippen LogP) is 14.6. The lowest BCUT2D eigenvalue weighted by atomic mass is 10.1. The van der Waals surface area contributed by atoms with Gasteiger partial charge >= 0.3 is 5.97 Å². The molecule has 0 aliphatic heterocycles. The van der Waals surface area contributed by atoms with Crippen LogP contribution in [0.3, 0.4) is 0 Å². The van der Waals surface area contributed by atoms with Gasteiger partial charge in [0.1, 0.15) is 19.3 Å². The highest BCUT2D eigenvalue weighted by Gasteiger charge is 2.20. The van der Waals surface area contributed by atoms with Gasteiger partial charge in [-0.2, -0.15) is 0 Å². The minimum Gasteiger partial charge on any atom is -0.756 e. The Bertz CT molecular complexity index is 1160. The summed E-state index contributed by atoms with van der Waals surface area (Å²) in [6, 6.07) is 0. The molecule has 2 unspecified atom stereocenters. The van der Waals surface area contributed by atoms with Gasteiger partial charge in [-0.05, 0) is 77.0 Å². The van der Waals surface area contributed by atoms with Crippen LogP contribution in [0.15, 0.2) is 60.8 Å². The number of esters is 1. The van der Waals surface area contributed by atoms with Gasteiger partial charge in [0.05, 0.1) is 34.4 Å². The third kappa shape index (κ3) is 49.1. The summed E-state index contributed by atoms with van der Waals surface area (Å²) in [4.78, 5) is 25.2. The van der Waals surface area contributed by atoms with Gasteiger partial charge in [-0.25, -0.2) is 0 Å². The quantitative estimate of drug-likeness (QED) is 0.0198. The molecule has 0 heterocycles. The van der Waals surface area contributed by atoms with E-state index >= 15 is 0 Å². The van der Waals surface area contributed by atoms with Crippen LogP contribution in [0, 0.1) is 0 Å². The smallest absolute Gasteiger partial charge is 0.306 e. The van der Waals surface area contributed by atoms with Crippen molar-refractivity contribution < 1.29 is 37.3 Å². The number of carbonyl (C=O) groups is 1. The van der Waals surface area contributed by atoms with Crippen LogP contribution in [-0.2, 0) is 27.9 Å². The second-order valence-electron chi connectivity index (χ2n) is 17.8. The molecule has 0 fully saturated rings. The SMILES string of the molecule is CC/C=C\C/C=C\C/C=C\CCCCCCCCCCOCC(COP(=O)([O-])OCC[N+](C)(C)C)OC(=O)CCCCCCCCCCC/C=C\C/C=C\CCCCCCC. The Hall–Kier alpha value is -1.80. The first-order valence-electron chi connectivity index (χ1n) is 25.0. The third-order valence-electron chi connectivity index (χ3n) is 10.6. The van der Waals surface area contributed by atoms with E-state index in [-0.39, 0.29) is 25.8 Å². The Morgan fingerprint density at radius 2 is 0.951 bits per heavy atom. The van der Waals surface area contributed by atoms with Crippen LogP contribution in [0.4, 0.5) is 0 Å². The maximum Gasteiger partial charge on any atom is 0.306 e. The van der Waals surface area contributed by atoms with Crippen molar-refractivity contribution in [3.8, 4) is 0 Å². The van der Waals surface area contributed by atoms with E-state index in [4.69, 9.17) is 18.5 Å². The highest BCUT2D eigenvalue weighted by atomic mass is 31.2. The zero-order valence-electron chi connectivity index (χ0n) is 40.4. The third-order valence-corrected chi connectivity index (χ3v) is 11.5. The number of hydrogen-bond donors (Lipinski definition) is 0. The van der Waals surface area contributed by atoms with Gasteiger partial charge in [0.25, 0.3) is 7.82 Å². The summed E-state index contributed by atoms with van der Waals surface area (Å²) in [5, 5.41) is 0. The monoisotopic (exact) mass is 878 g/mol. The fourth-order valence-electron chi connectivity index (χ4n) is 6.71. The zero-order valence-corrected chi connectivity index (χ0v) is 41.2. The molecule has 0 aromatic rings. The Labute approximate surface area is 377 Å². The molecule has 0 N–H and O–H groups in total. The number of phosphoric ester groups is 1. The molecule has 0 saturated carbocycles. The summed E-state index contributed by atoms with van der Waals surface area (Å²) >= 11 is 0. The minimum atomic E-state index is -4.54. The molecule has 0 saturated heterocycles. The lowest BCUT2D eigenvalue weighted by Crippen LogP contribution is -2.37. The van der Waals surface area contributed by atoms with Crippen molar-refractivity contribution in [3.05, 3.63) is 60.8 Å². The van der Waals surface area contributed by atoms with Gasteiger partial charge in [0.2, 0.25) is 0 Å². The molecule has 61 heavy (non-hydrogen) atoms. The van der Waals surface area contributed by atoms with E-state index in [1.54, 1.807) is 0 Å². The summed E-state index contributed by atoms with van der Waals surface area (Å²) in [6.07, 6.45) is 56.6. The number of likely N-dealkylation sites (N-methyl/N-ethyl adjacent to an activating group) is 1. The predicted molar refractivity (Wildman–Crippen MR) is 259 cm³/mol. The minimum absolute atomic E-state index is 0.0215. The van der Waals surface area contributed by atoms with Crippen molar-refractivity contribution in [2.45, 2.75) is 213 Å². The molecule has 2 atom stereocenters. The average Bonchev–Trinajstić information content (AvgIpc) is 3.22. The van der Waals surface area contributed by atoms with E-state index in [2.05, 4.69) is 74.6 Å². The summed E-state index contributed by atoms with van der Waals surface area (Å²) in [7, 11) is 1.34. The molecular weight excluding hydrogens is 782 g/mol. The maximum absolute atomic E-state index is 12.7. The van der Waals surface area contributed by atoms with E-state index < -0.39 is 13.9 Å². The molecule has 0 spiro atoms. The van der Waals surface area contributed by atoms with Crippen LogP contribution >= 0.6 is 7.82 Å². The zero-order chi connectivity index (χ0) is 44.8. The average molecular weight is 878 g/mol. The molecule has 0 aliphatic carbocycles. The van der Waals surface area contributed by atoms with Crippen LogP contribution in [0.5, 0.6) is 0 Å². The van der Waals surface area contributed by atoms with Crippen LogP contribution < -0.4 is 4.89 Å². The van der Waals surface area contributed by atoms with Gasteiger partial charge in [-0.3, -0.25) is 9.36 Å². The number of ether oxygens (including phenoxy) is 2. The van der Waals surface area contributed by atoms with Crippen molar-refractivity contribution in [2.24, 2.45) is 0 Å².